The van der Waals surface area contributed by atoms with Gasteiger partial charge in [-0.1, -0.05) is 27.4 Å². The smallest absolute Gasteiger partial charge is 0.309 e. The van der Waals surface area contributed by atoms with Crippen molar-refractivity contribution in [2.75, 3.05) is 0 Å². The molecule has 0 N–H and O–H groups in total. The summed E-state index contributed by atoms with van der Waals surface area (Å²) >= 11 is 0. The van der Waals surface area contributed by atoms with Crippen LogP contribution in [0.5, 0.6) is 0 Å². The molecule has 1 aliphatic rings. The monoisotopic (exact) mass is 212 g/mol. The van der Waals surface area contributed by atoms with Crippen LogP contribution in [0.25, 0.3) is 0 Å². The number of hydrogen-bond donors (Lipinski definition) is 0. The van der Waals surface area contributed by atoms with Crippen LogP contribution in [0, 0.1) is 11.8 Å². The van der Waals surface area contributed by atoms with Gasteiger partial charge in [-0.05, 0) is 12.3 Å². The zero-order chi connectivity index (χ0) is 11.4. The van der Waals surface area contributed by atoms with Gasteiger partial charge in [0.25, 0.3) is 0 Å². The Bertz CT molecular complexity index is 235. The maximum atomic E-state index is 11.3. The molecule has 3 heteroatoms. The summed E-state index contributed by atoms with van der Waals surface area (Å²) in [5.74, 6) is 0.407. The van der Waals surface area contributed by atoms with Crippen LogP contribution in [-0.2, 0) is 14.3 Å². The topological polar surface area (TPSA) is 35.5 Å². The van der Waals surface area contributed by atoms with Crippen LogP contribution in [-0.4, -0.2) is 18.2 Å². The van der Waals surface area contributed by atoms with Crippen molar-refractivity contribution in [2.24, 2.45) is 11.8 Å². The van der Waals surface area contributed by atoms with Crippen molar-refractivity contribution in [3.8, 4) is 0 Å². The van der Waals surface area contributed by atoms with E-state index in [1.165, 1.54) is 6.26 Å². The molecule has 3 atom stereocenters. The maximum Gasteiger partial charge on any atom is 0.309 e. The van der Waals surface area contributed by atoms with Crippen LogP contribution in [0.15, 0.2) is 12.8 Å². The zero-order valence-electron chi connectivity index (χ0n) is 9.73. The van der Waals surface area contributed by atoms with E-state index in [9.17, 15) is 4.79 Å². The largest absolute Gasteiger partial charge is 0.495 e. The van der Waals surface area contributed by atoms with Gasteiger partial charge in [0, 0.05) is 6.42 Å². The van der Waals surface area contributed by atoms with Crippen LogP contribution < -0.4 is 0 Å². The molecule has 0 amide bonds. The number of ether oxygens (including phenoxy) is 2. The van der Waals surface area contributed by atoms with E-state index in [-0.39, 0.29) is 24.1 Å². The Kier molecular flexibility index (Phi) is 4.18. The van der Waals surface area contributed by atoms with E-state index < -0.39 is 0 Å². The molecule has 0 aromatic rings. The Morgan fingerprint density at radius 3 is 2.73 bits per heavy atom. The lowest BCUT2D eigenvalue weighted by Gasteiger charge is -2.23. The average Bonchev–Trinajstić information content (AvgIpc) is 2.46. The standard InChI is InChI=1S/C12H20O3/c1-5-14-10(6-8(2)3)11-7-9(4)12(13)15-11/h5,8-11H,1,6-7H2,2-4H3. The van der Waals surface area contributed by atoms with Crippen molar-refractivity contribution in [3.63, 3.8) is 0 Å². The third-order valence-electron chi connectivity index (χ3n) is 2.65. The molecule has 0 bridgehead atoms. The molecule has 1 aliphatic heterocycles. The number of esters is 1. The van der Waals surface area contributed by atoms with Crippen LogP contribution in [0.4, 0.5) is 0 Å². The number of rotatable bonds is 5. The lowest BCUT2D eigenvalue weighted by Crippen LogP contribution is -2.29. The molecule has 15 heavy (non-hydrogen) atoms. The molecular weight excluding hydrogens is 192 g/mol. The van der Waals surface area contributed by atoms with Crippen LogP contribution in [0.1, 0.15) is 33.6 Å². The highest BCUT2D eigenvalue weighted by molar-refractivity contribution is 5.74. The second-order valence-corrected chi connectivity index (χ2v) is 4.58. The average molecular weight is 212 g/mol. The summed E-state index contributed by atoms with van der Waals surface area (Å²) < 4.78 is 10.7. The Balaban J connectivity index is 2.56. The van der Waals surface area contributed by atoms with Crippen molar-refractivity contribution in [1.82, 2.24) is 0 Å². The Hall–Kier alpha value is -0.990. The van der Waals surface area contributed by atoms with Crippen LogP contribution in [0.3, 0.4) is 0 Å². The third-order valence-corrected chi connectivity index (χ3v) is 2.65. The highest BCUT2D eigenvalue weighted by Crippen LogP contribution is 2.27. The molecule has 1 fully saturated rings. The van der Waals surface area contributed by atoms with E-state index in [0.717, 1.165) is 12.8 Å². The van der Waals surface area contributed by atoms with Gasteiger partial charge in [-0.25, -0.2) is 0 Å². The molecule has 1 saturated heterocycles. The molecule has 3 nitrogen and oxygen atoms in total. The van der Waals surface area contributed by atoms with Gasteiger partial charge < -0.3 is 9.47 Å². The third kappa shape index (κ3) is 3.26. The second-order valence-electron chi connectivity index (χ2n) is 4.58. The van der Waals surface area contributed by atoms with E-state index in [4.69, 9.17) is 9.47 Å². The van der Waals surface area contributed by atoms with Crippen LogP contribution in [0.2, 0.25) is 0 Å². The summed E-state index contributed by atoms with van der Waals surface area (Å²) in [6, 6.07) is 0. The molecule has 1 rings (SSSR count). The van der Waals surface area contributed by atoms with E-state index in [1.54, 1.807) is 0 Å². The van der Waals surface area contributed by atoms with Crippen molar-refractivity contribution < 1.29 is 14.3 Å². The SMILES string of the molecule is C=COC(CC(C)C)C1CC(C)C(=O)O1. The molecule has 0 saturated carbocycles. The minimum Gasteiger partial charge on any atom is -0.495 e. The predicted octanol–water partition coefficient (Wildman–Crippen LogP) is 2.51. The first-order valence-electron chi connectivity index (χ1n) is 5.51. The van der Waals surface area contributed by atoms with Crippen molar-refractivity contribution in [1.29, 1.82) is 0 Å². The van der Waals surface area contributed by atoms with E-state index in [0.29, 0.717) is 5.92 Å². The molecule has 0 spiro atoms. The van der Waals surface area contributed by atoms with E-state index in [2.05, 4.69) is 20.4 Å². The molecular formula is C12H20O3. The van der Waals surface area contributed by atoms with Gasteiger partial charge in [0.1, 0.15) is 12.2 Å². The fourth-order valence-electron chi connectivity index (χ4n) is 1.87. The minimum atomic E-state index is -0.110. The summed E-state index contributed by atoms with van der Waals surface area (Å²) in [5.41, 5.74) is 0. The summed E-state index contributed by atoms with van der Waals surface area (Å²) in [4.78, 5) is 11.3. The summed E-state index contributed by atoms with van der Waals surface area (Å²) in [5, 5.41) is 0. The van der Waals surface area contributed by atoms with Gasteiger partial charge in [-0.3, -0.25) is 4.79 Å². The maximum absolute atomic E-state index is 11.3. The number of hydrogen-bond acceptors (Lipinski definition) is 3. The second kappa shape index (κ2) is 5.19. The van der Waals surface area contributed by atoms with Crippen molar-refractivity contribution in [3.05, 3.63) is 12.8 Å². The highest BCUT2D eigenvalue weighted by atomic mass is 16.6. The molecule has 0 aliphatic carbocycles. The van der Waals surface area contributed by atoms with Gasteiger partial charge in [-0.2, -0.15) is 0 Å². The van der Waals surface area contributed by atoms with Gasteiger partial charge in [0.2, 0.25) is 0 Å². The normalized spacial score (nSPS) is 27.6. The molecule has 0 radical (unpaired) electrons. The first-order chi connectivity index (χ1) is 7.04. The zero-order valence-corrected chi connectivity index (χ0v) is 9.73. The molecule has 0 aromatic heterocycles. The molecule has 1 heterocycles. The molecule has 0 aromatic carbocycles. The molecule has 3 unspecified atom stereocenters. The number of carbonyl (C=O) groups is 1. The molecule has 86 valence electrons. The summed E-state index contributed by atoms with van der Waals surface area (Å²) in [7, 11) is 0. The van der Waals surface area contributed by atoms with Gasteiger partial charge in [-0.15, -0.1) is 0 Å². The summed E-state index contributed by atoms with van der Waals surface area (Å²) in [6.07, 6.45) is 2.93. The Morgan fingerprint density at radius 2 is 2.33 bits per heavy atom. The van der Waals surface area contributed by atoms with Gasteiger partial charge in [0.15, 0.2) is 0 Å². The fourth-order valence-corrected chi connectivity index (χ4v) is 1.87. The van der Waals surface area contributed by atoms with E-state index in [1.807, 2.05) is 6.92 Å². The first kappa shape index (κ1) is 12.1. The Morgan fingerprint density at radius 1 is 1.67 bits per heavy atom. The van der Waals surface area contributed by atoms with Crippen LogP contribution >= 0.6 is 0 Å². The van der Waals surface area contributed by atoms with Gasteiger partial charge >= 0.3 is 5.97 Å². The number of cyclic esters (lactones) is 1. The minimum absolute atomic E-state index is 0.00178. The summed E-state index contributed by atoms with van der Waals surface area (Å²) in [6.45, 7) is 9.70. The first-order valence-corrected chi connectivity index (χ1v) is 5.51. The lowest BCUT2D eigenvalue weighted by atomic mass is 9.97. The Labute approximate surface area is 91.4 Å². The van der Waals surface area contributed by atoms with E-state index >= 15 is 0 Å². The highest BCUT2D eigenvalue weighted by Gasteiger charge is 2.37. The fraction of sp³-hybridized carbons (Fsp3) is 0.750. The van der Waals surface area contributed by atoms with Crippen molar-refractivity contribution >= 4 is 5.97 Å². The lowest BCUT2D eigenvalue weighted by molar-refractivity contribution is -0.148. The quantitative estimate of drug-likeness (QED) is 0.519. The van der Waals surface area contributed by atoms with Gasteiger partial charge in [0.05, 0.1) is 12.2 Å². The van der Waals surface area contributed by atoms with Crippen molar-refractivity contribution in [2.45, 2.75) is 45.8 Å². The predicted molar refractivity (Wildman–Crippen MR) is 58.2 cm³/mol. The number of carbonyl (C=O) groups excluding carboxylic acids is 1.